The van der Waals surface area contributed by atoms with Gasteiger partial charge in [0, 0.05) is 70.5 Å². The van der Waals surface area contributed by atoms with Crippen LogP contribution in [0.15, 0.2) is 24.3 Å². The summed E-state index contributed by atoms with van der Waals surface area (Å²) in [4.78, 5) is 36.8. The van der Waals surface area contributed by atoms with Gasteiger partial charge in [0.1, 0.15) is 5.75 Å². The molecule has 8 nitrogen and oxygen atoms in total. The van der Waals surface area contributed by atoms with Crippen LogP contribution in [0, 0.1) is 5.92 Å². The minimum absolute atomic E-state index is 0.128. The molecule has 3 saturated heterocycles. The predicted molar refractivity (Wildman–Crippen MR) is 151 cm³/mol. The number of ether oxygens (including phenoxy) is 1. The number of hydrogen-bond acceptors (Lipinski definition) is 5. The van der Waals surface area contributed by atoms with Crippen molar-refractivity contribution in [3.8, 4) is 5.75 Å². The molecule has 0 spiro atoms. The molecule has 5 rings (SSSR count). The van der Waals surface area contributed by atoms with Crippen LogP contribution in [0.2, 0.25) is 0 Å². The van der Waals surface area contributed by atoms with Gasteiger partial charge in [-0.05, 0) is 69.5 Å². The van der Waals surface area contributed by atoms with Gasteiger partial charge in [-0.1, -0.05) is 25.7 Å². The molecule has 0 N–H and O–H groups in total. The molecule has 0 atom stereocenters. The summed E-state index contributed by atoms with van der Waals surface area (Å²) in [6.45, 7) is 10.2. The number of hydrogen-bond donors (Lipinski definition) is 0. The number of piperidine rings is 1. The maximum absolute atomic E-state index is 13.2. The van der Waals surface area contributed by atoms with E-state index in [0.29, 0.717) is 32.1 Å². The monoisotopic (exact) mass is 525 g/mol. The van der Waals surface area contributed by atoms with E-state index in [1.54, 1.807) is 0 Å². The second-order valence-electron chi connectivity index (χ2n) is 11.5. The smallest absolute Gasteiger partial charge is 0.320 e. The zero-order chi connectivity index (χ0) is 26.2. The highest BCUT2D eigenvalue weighted by Crippen LogP contribution is 2.26. The first kappa shape index (κ1) is 27.1. The van der Waals surface area contributed by atoms with E-state index in [1.807, 2.05) is 14.7 Å². The van der Waals surface area contributed by atoms with Crippen LogP contribution in [0.5, 0.6) is 5.75 Å². The van der Waals surface area contributed by atoms with Crippen LogP contribution in [-0.2, 0) is 4.79 Å². The molecule has 4 fully saturated rings. The van der Waals surface area contributed by atoms with Gasteiger partial charge in [-0.15, -0.1) is 0 Å². The fourth-order valence-electron chi connectivity index (χ4n) is 6.50. The van der Waals surface area contributed by atoms with Crippen molar-refractivity contribution in [2.24, 2.45) is 5.92 Å². The van der Waals surface area contributed by atoms with Gasteiger partial charge in [-0.3, -0.25) is 4.79 Å². The van der Waals surface area contributed by atoms with E-state index in [1.165, 1.54) is 57.3 Å². The normalized spacial score (nSPS) is 22.0. The average Bonchev–Trinajstić information content (AvgIpc) is 3.00. The third-order valence-corrected chi connectivity index (χ3v) is 8.90. The fraction of sp³-hybridized carbons (Fsp3) is 0.733. The lowest BCUT2D eigenvalue weighted by atomic mass is 9.88. The van der Waals surface area contributed by atoms with Crippen molar-refractivity contribution in [3.05, 3.63) is 24.3 Å². The Morgan fingerprint density at radius 2 is 1.26 bits per heavy atom. The molecule has 0 radical (unpaired) electrons. The van der Waals surface area contributed by atoms with E-state index in [0.717, 1.165) is 64.3 Å². The van der Waals surface area contributed by atoms with Crippen molar-refractivity contribution in [1.29, 1.82) is 0 Å². The first-order chi connectivity index (χ1) is 18.7. The molecule has 0 unspecified atom stereocenters. The third kappa shape index (κ3) is 7.13. The number of rotatable bonds is 7. The number of carbonyl (C=O) groups excluding carboxylic acids is 2. The number of piperazine rings is 2. The van der Waals surface area contributed by atoms with Crippen LogP contribution >= 0.6 is 0 Å². The van der Waals surface area contributed by atoms with Gasteiger partial charge >= 0.3 is 6.03 Å². The SMILES string of the molecule is O=C(C1CCCCC1)N1CCN(C(=O)N2CCN(c3ccc(OCCCN4CCCCC4)cc3)CC2)CC1. The average molecular weight is 526 g/mol. The van der Waals surface area contributed by atoms with E-state index in [2.05, 4.69) is 34.1 Å². The van der Waals surface area contributed by atoms with Crippen LogP contribution < -0.4 is 9.64 Å². The van der Waals surface area contributed by atoms with Gasteiger partial charge in [-0.25, -0.2) is 4.79 Å². The molecular weight excluding hydrogens is 478 g/mol. The van der Waals surface area contributed by atoms with Gasteiger partial charge in [-0.2, -0.15) is 0 Å². The number of anilines is 1. The minimum atomic E-state index is 0.128. The van der Waals surface area contributed by atoms with Crippen molar-refractivity contribution in [2.75, 3.05) is 83.5 Å². The molecule has 8 heteroatoms. The van der Waals surface area contributed by atoms with Crippen LogP contribution in [0.4, 0.5) is 10.5 Å². The van der Waals surface area contributed by atoms with E-state index >= 15 is 0 Å². The van der Waals surface area contributed by atoms with E-state index in [9.17, 15) is 9.59 Å². The largest absolute Gasteiger partial charge is 0.494 e. The van der Waals surface area contributed by atoms with Gasteiger partial charge in [0.2, 0.25) is 5.91 Å². The molecule has 3 heterocycles. The molecule has 0 bridgehead atoms. The van der Waals surface area contributed by atoms with Gasteiger partial charge in [0.25, 0.3) is 0 Å². The van der Waals surface area contributed by atoms with Crippen molar-refractivity contribution in [3.63, 3.8) is 0 Å². The standard InChI is InChI=1S/C30H47N5O3/c36-29(26-8-3-1-4-9-26)33-19-23-35(24-20-33)30(37)34-21-17-32(18-22-34)27-10-12-28(13-11-27)38-25-7-16-31-14-5-2-6-15-31/h10-13,26H,1-9,14-25H2. The summed E-state index contributed by atoms with van der Waals surface area (Å²) in [5.74, 6) is 1.46. The summed E-state index contributed by atoms with van der Waals surface area (Å²) < 4.78 is 5.98. The Morgan fingerprint density at radius 1 is 0.684 bits per heavy atom. The highest BCUT2D eigenvalue weighted by Gasteiger charge is 2.32. The maximum atomic E-state index is 13.2. The molecule has 3 aliphatic heterocycles. The van der Waals surface area contributed by atoms with E-state index in [4.69, 9.17) is 4.74 Å². The van der Waals surface area contributed by atoms with E-state index < -0.39 is 0 Å². The Kier molecular flexibility index (Phi) is 9.66. The van der Waals surface area contributed by atoms with Crippen molar-refractivity contribution >= 4 is 17.6 Å². The number of benzene rings is 1. The summed E-state index contributed by atoms with van der Waals surface area (Å²) >= 11 is 0. The zero-order valence-electron chi connectivity index (χ0n) is 23.2. The second kappa shape index (κ2) is 13.5. The number of likely N-dealkylation sites (tertiary alicyclic amines) is 1. The molecule has 3 amide bonds. The van der Waals surface area contributed by atoms with Gasteiger partial charge in [0.05, 0.1) is 6.61 Å². The lowest BCUT2D eigenvalue weighted by Gasteiger charge is -2.41. The van der Waals surface area contributed by atoms with Crippen molar-refractivity contribution in [1.82, 2.24) is 19.6 Å². The van der Waals surface area contributed by atoms with Crippen molar-refractivity contribution in [2.45, 2.75) is 57.8 Å². The molecule has 1 aromatic rings. The Hall–Kier alpha value is -2.48. The number of nitrogens with zero attached hydrogens (tertiary/aromatic N) is 5. The zero-order valence-corrected chi connectivity index (χ0v) is 23.2. The maximum Gasteiger partial charge on any atom is 0.320 e. The molecule has 4 aliphatic rings. The second-order valence-corrected chi connectivity index (χ2v) is 11.5. The summed E-state index contributed by atoms with van der Waals surface area (Å²) in [5, 5.41) is 0. The molecule has 0 aromatic heterocycles. The topological polar surface area (TPSA) is 59.6 Å². The lowest BCUT2D eigenvalue weighted by Crippen LogP contribution is -2.58. The van der Waals surface area contributed by atoms with Crippen LogP contribution in [0.1, 0.15) is 57.8 Å². The summed E-state index contributed by atoms with van der Waals surface area (Å²) in [7, 11) is 0. The third-order valence-electron chi connectivity index (χ3n) is 8.90. The molecule has 1 saturated carbocycles. The Bertz CT molecular complexity index is 882. The molecule has 1 aromatic carbocycles. The van der Waals surface area contributed by atoms with Gasteiger partial charge in [0.15, 0.2) is 0 Å². The fourth-order valence-corrected chi connectivity index (χ4v) is 6.50. The number of amides is 3. The number of carbonyl (C=O) groups is 2. The first-order valence-electron chi connectivity index (χ1n) is 15.2. The lowest BCUT2D eigenvalue weighted by molar-refractivity contribution is -0.138. The van der Waals surface area contributed by atoms with Crippen LogP contribution in [0.25, 0.3) is 0 Å². The highest BCUT2D eigenvalue weighted by atomic mass is 16.5. The number of urea groups is 1. The molecular formula is C30H47N5O3. The quantitative estimate of drug-likeness (QED) is 0.506. The van der Waals surface area contributed by atoms with Crippen molar-refractivity contribution < 1.29 is 14.3 Å². The van der Waals surface area contributed by atoms with Crippen LogP contribution in [-0.4, -0.2) is 110 Å². The van der Waals surface area contributed by atoms with Crippen LogP contribution in [0.3, 0.4) is 0 Å². The van der Waals surface area contributed by atoms with Gasteiger partial charge < -0.3 is 29.2 Å². The molecule has 38 heavy (non-hydrogen) atoms. The molecule has 1 aliphatic carbocycles. The van der Waals surface area contributed by atoms with E-state index in [-0.39, 0.29) is 11.9 Å². The highest BCUT2D eigenvalue weighted by molar-refractivity contribution is 5.80. The summed E-state index contributed by atoms with van der Waals surface area (Å²) in [5.41, 5.74) is 1.19. The first-order valence-corrected chi connectivity index (χ1v) is 15.2. The molecule has 210 valence electrons. The Morgan fingerprint density at radius 3 is 1.92 bits per heavy atom. The summed E-state index contributed by atoms with van der Waals surface area (Å²) in [6.07, 6.45) is 10.8. The Balaban J connectivity index is 0.997. The Labute approximate surface area is 228 Å². The minimum Gasteiger partial charge on any atom is -0.494 e. The predicted octanol–water partition coefficient (Wildman–Crippen LogP) is 3.91. The summed E-state index contributed by atoms with van der Waals surface area (Å²) in [6, 6.07) is 8.55.